The molecule has 0 atom stereocenters. The van der Waals surface area contributed by atoms with E-state index in [1.165, 1.54) is 57.7 Å². The van der Waals surface area contributed by atoms with Gasteiger partial charge in [0.15, 0.2) is 10.6 Å². The van der Waals surface area contributed by atoms with E-state index in [2.05, 4.69) is 79.3 Å². The Bertz CT molecular complexity index is 1890. The molecule has 0 amide bonds. The molecule has 0 aliphatic carbocycles. The fourth-order valence-electron chi connectivity index (χ4n) is 4.39. The third kappa shape index (κ3) is 8.07. The number of aryl methyl sites for hydroxylation is 1. The summed E-state index contributed by atoms with van der Waals surface area (Å²) in [6.07, 6.45) is 0.414. The molecule has 0 unspecified atom stereocenters. The number of thioether (sulfide) groups is 1. The van der Waals surface area contributed by atoms with Crippen LogP contribution in [-0.4, -0.2) is 43.3 Å². The molecule has 8 nitrogen and oxygen atoms in total. The Balaban J connectivity index is 1.26. The molecule has 1 N–H and O–H groups in total. The predicted octanol–water partition coefficient (Wildman–Crippen LogP) is 7.65. The first-order chi connectivity index (χ1) is 21.5. The summed E-state index contributed by atoms with van der Waals surface area (Å²) in [6.45, 7) is 6.43. The average Bonchev–Trinajstić information content (AvgIpc) is 3.64. The number of thiocarbonyl (C=S) groups is 1. The Labute approximate surface area is 271 Å². The van der Waals surface area contributed by atoms with Gasteiger partial charge in [0.05, 0.1) is 22.6 Å². The lowest BCUT2D eigenvalue weighted by molar-refractivity contribution is -0.274. The third-order valence-electron chi connectivity index (χ3n) is 6.50. The van der Waals surface area contributed by atoms with Crippen LogP contribution in [0.2, 0.25) is 0 Å². The van der Waals surface area contributed by atoms with Crippen molar-refractivity contribution in [3.8, 4) is 28.5 Å². The van der Waals surface area contributed by atoms with Gasteiger partial charge >= 0.3 is 6.36 Å². The minimum absolute atomic E-state index is 0.234. The number of rotatable bonds is 8. The average molecular weight is 668 g/mol. The maximum Gasteiger partial charge on any atom is 0.573 e. The summed E-state index contributed by atoms with van der Waals surface area (Å²) < 4.78 is 44.8. The summed E-state index contributed by atoms with van der Waals surface area (Å²) in [5.41, 5.74) is 8.43. The van der Waals surface area contributed by atoms with Gasteiger partial charge in [-0.25, -0.2) is 9.67 Å². The Hall–Kier alpha value is -4.27. The molecule has 0 fully saturated rings. The predicted molar refractivity (Wildman–Crippen MR) is 177 cm³/mol. The van der Waals surface area contributed by atoms with E-state index in [1.807, 2.05) is 30.5 Å². The van der Waals surface area contributed by atoms with Gasteiger partial charge in [-0.3, -0.25) is 9.99 Å². The molecular formula is C31H28F3N7OS3. The summed E-state index contributed by atoms with van der Waals surface area (Å²) in [7, 11) is 0. The number of hydrazone groups is 1. The lowest BCUT2D eigenvalue weighted by Crippen LogP contribution is -2.21. The van der Waals surface area contributed by atoms with Crippen LogP contribution < -0.4 is 15.0 Å². The molecule has 45 heavy (non-hydrogen) atoms. The van der Waals surface area contributed by atoms with Crippen molar-refractivity contribution in [1.82, 2.24) is 24.8 Å². The van der Waals surface area contributed by atoms with Crippen LogP contribution in [0.1, 0.15) is 36.5 Å². The van der Waals surface area contributed by atoms with Crippen molar-refractivity contribution in [2.45, 2.75) is 38.1 Å². The number of aromatic nitrogens is 4. The van der Waals surface area contributed by atoms with Gasteiger partial charge in [0, 0.05) is 10.9 Å². The number of alkyl halides is 3. The molecule has 0 aliphatic rings. The molecular weight excluding hydrogens is 640 g/mol. The molecule has 2 aromatic heterocycles. The van der Waals surface area contributed by atoms with Crippen LogP contribution in [0.3, 0.4) is 0 Å². The maximum absolute atomic E-state index is 12.4. The van der Waals surface area contributed by atoms with Crippen molar-refractivity contribution in [2.75, 3.05) is 6.26 Å². The van der Waals surface area contributed by atoms with Gasteiger partial charge < -0.3 is 4.74 Å². The Morgan fingerprint density at radius 3 is 2.49 bits per heavy atom. The van der Waals surface area contributed by atoms with Gasteiger partial charge in [-0.15, -0.1) is 41.4 Å². The highest BCUT2D eigenvalue weighted by Crippen LogP contribution is 2.28. The number of nitrogens with one attached hydrogen (secondary N) is 1. The number of ether oxygens (including phenoxy) is 1. The second-order valence-corrected chi connectivity index (χ2v) is 12.1. The molecule has 5 aromatic rings. The summed E-state index contributed by atoms with van der Waals surface area (Å²) >= 11 is 8.66. The molecule has 2 heterocycles. The van der Waals surface area contributed by atoms with Crippen molar-refractivity contribution >= 4 is 46.6 Å². The topological polar surface area (TPSA) is 81.6 Å². The molecule has 3 aromatic carbocycles. The van der Waals surface area contributed by atoms with Crippen LogP contribution in [0, 0.1) is 6.92 Å². The third-order valence-corrected chi connectivity index (χ3v) is 8.38. The van der Waals surface area contributed by atoms with Crippen LogP contribution in [0.25, 0.3) is 22.8 Å². The van der Waals surface area contributed by atoms with Gasteiger partial charge in [0.1, 0.15) is 12.1 Å². The first-order valence-corrected chi connectivity index (χ1v) is 16.1. The highest BCUT2D eigenvalue weighted by Gasteiger charge is 2.31. The molecule has 0 radical (unpaired) electrons. The Morgan fingerprint density at radius 2 is 1.82 bits per heavy atom. The Morgan fingerprint density at radius 1 is 1.09 bits per heavy atom. The fraction of sp³-hybridized carbons (Fsp3) is 0.194. The summed E-state index contributed by atoms with van der Waals surface area (Å²) in [4.78, 5) is 9.74. The number of hydrogen-bond acceptors (Lipinski definition) is 7. The van der Waals surface area contributed by atoms with Crippen LogP contribution >= 0.6 is 35.3 Å². The molecule has 0 aliphatic heterocycles. The summed E-state index contributed by atoms with van der Waals surface area (Å²) in [5, 5.41) is 12.1. The van der Waals surface area contributed by atoms with E-state index in [4.69, 9.17) is 12.2 Å². The second-order valence-electron chi connectivity index (χ2n) is 10.1. The lowest BCUT2D eigenvalue weighted by atomic mass is 9.99. The van der Waals surface area contributed by atoms with Gasteiger partial charge in [-0.05, 0) is 78.3 Å². The van der Waals surface area contributed by atoms with Crippen molar-refractivity contribution < 1.29 is 17.9 Å². The van der Waals surface area contributed by atoms with Gasteiger partial charge in [0.2, 0.25) is 5.11 Å². The van der Waals surface area contributed by atoms with Crippen molar-refractivity contribution in [3.05, 3.63) is 99.9 Å². The minimum Gasteiger partial charge on any atom is -0.406 e. The standard InChI is InChI=1S/C31H28F3N7OS3/c1-19(2)25-14-5-20(3)15-26(25)41-27(44-4)17-45-30(41)37-29(43)38-36-16-21-6-8-22(9-7-21)28-35-18-40(39-28)23-10-12-24(13-11-23)42-31(32,33)34/h5-19H,1-4H3,(H,38,43)/b36-16+,37-30?. The van der Waals surface area contributed by atoms with Gasteiger partial charge in [-0.1, -0.05) is 50.2 Å². The van der Waals surface area contributed by atoms with Crippen molar-refractivity contribution in [3.63, 3.8) is 0 Å². The number of thiazole rings is 1. The Kier molecular flexibility index (Phi) is 9.85. The quantitative estimate of drug-likeness (QED) is 0.0793. The highest BCUT2D eigenvalue weighted by atomic mass is 32.2. The van der Waals surface area contributed by atoms with E-state index >= 15 is 0 Å². The zero-order valence-corrected chi connectivity index (χ0v) is 27.1. The minimum atomic E-state index is -4.75. The SMILES string of the molecule is CSc1csc(=NC(=S)N/N=C/c2ccc(-c3ncn(-c4ccc(OC(F)(F)F)cc4)n3)cc2)n1-c1cc(C)ccc1C(C)C. The van der Waals surface area contributed by atoms with Crippen LogP contribution in [-0.2, 0) is 0 Å². The largest absolute Gasteiger partial charge is 0.573 e. The number of nitrogens with zero attached hydrogens (tertiary/aromatic N) is 6. The number of halogens is 3. The first-order valence-electron chi connectivity index (χ1n) is 13.6. The van der Waals surface area contributed by atoms with Gasteiger partial charge in [-0.2, -0.15) is 10.1 Å². The van der Waals surface area contributed by atoms with Crippen LogP contribution in [0.15, 0.2) is 93.6 Å². The highest BCUT2D eigenvalue weighted by molar-refractivity contribution is 7.98. The maximum atomic E-state index is 12.4. The van der Waals surface area contributed by atoms with E-state index in [-0.39, 0.29) is 10.9 Å². The normalized spacial score (nSPS) is 12.3. The van der Waals surface area contributed by atoms with E-state index in [1.54, 1.807) is 18.0 Å². The van der Waals surface area contributed by atoms with E-state index in [9.17, 15) is 13.2 Å². The van der Waals surface area contributed by atoms with Crippen molar-refractivity contribution in [1.29, 1.82) is 0 Å². The molecule has 14 heteroatoms. The molecule has 0 saturated heterocycles. The first kappa shape index (κ1) is 32.1. The number of benzene rings is 3. The lowest BCUT2D eigenvalue weighted by Gasteiger charge is -2.16. The zero-order chi connectivity index (χ0) is 32.1. The molecule has 0 bridgehead atoms. The van der Waals surface area contributed by atoms with Crippen molar-refractivity contribution in [2.24, 2.45) is 10.1 Å². The van der Waals surface area contributed by atoms with Crippen LogP contribution in [0.5, 0.6) is 5.75 Å². The van der Waals surface area contributed by atoms with E-state index in [0.717, 1.165) is 26.6 Å². The molecule has 0 saturated carbocycles. The number of hydrogen-bond donors (Lipinski definition) is 1. The molecule has 232 valence electrons. The summed E-state index contributed by atoms with van der Waals surface area (Å²) in [5.74, 6) is 0.482. The molecule has 0 spiro atoms. The zero-order valence-electron chi connectivity index (χ0n) is 24.6. The fourth-order valence-corrected chi connectivity index (χ4v) is 6.30. The summed E-state index contributed by atoms with van der Waals surface area (Å²) in [6, 6.07) is 19.2. The molecule has 5 rings (SSSR count). The second kappa shape index (κ2) is 13.8. The van der Waals surface area contributed by atoms with Gasteiger partial charge in [0.25, 0.3) is 0 Å². The monoisotopic (exact) mass is 667 g/mol. The van der Waals surface area contributed by atoms with Crippen LogP contribution in [0.4, 0.5) is 13.2 Å². The smallest absolute Gasteiger partial charge is 0.406 e. The van der Waals surface area contributed by atoms with E-state index < -0.39 is 6.36 Å². The van der Waals surface area contributed by atoms with E-state index in [0.29, 0.717) is 17.4 Å².